The lowest BCUT2D eigenvalue weighted by molar-refractivity contribution is -0.139. The highest BCUT2D eigenvalue weighted by molar-refractivity contribution is 5.89. The van der Waals surface area contributed by atoms with Crippen molar-refractivity contribution in [3.8, 4) is 0 Å². The highest BCUT2D eigenvalue weighted by Gasteiger charge is 2.01. The molecule has 16 heteroatoms. The van der Waals surface area contributed by atoms with Crippen molar-refractivity contribution in [3.63, 3.8) is 0 Å². The Hall–Kier alpha value is -5.42. The number of methoxy groups -OCH3 is 4. The molecule has 0 aromatic heterocycles. The van der Waals surface area contributed by atoms with Gasteiger partial charge in [0.15, 0.2) is 0 Å². The van der Waals surface area contributed by atoms with Gasteiger partial charge in [0, 0.05) is 92.8 Å². The number of unbranched alkanes of at least 4 members (excludes halogenated alkanes) is 6. The van der Waals surface area contributed by atoms with Crippen LogP contribution >= 0.6 is 0 Å². The van der Waals surface area contributed by atoms with Crippen LogP contribution in [0.4, 0.5) is 11.4 Å². The van der Waals surface area contributed by atoms with E-state index >= 15 is 0 Å². The Kier molecular flexibility index (Phi) is 45.3. The summed E-state index contributed by atoms with van der Waals surface area (Å²) >= 11 is 0. The fourth-order valence-corrected chi connectivity index (χ4v) is 4.54. The smallest absolute Gasteiger partial charge is 0.330 e. The molecule has 0 aliphatic heterocycles. The second kappa shape index (κ2) is 46.1. The first-order chi connectivity index (χ1) is 30.2. The number of hydrogen-bond acceptors (Lipinski definition) is 12. The molecular weight excluding hydrogens is 813 g/mol. The van der Waals surface area contributed by atoms with E-state index in [-0.39, 0.29) is 35.6 Å². The first-order valence-electron chi connectivity index (χ1n) is 20.9. The number of amides is 4. The Morgan fingerprint density at radius 2 is 0.746 bits per heavy atom. The van der Waals surface area contributed by atoms with Crippen LogP contribution in [-0.2, 0) is 63.6 Å². The summed E-state index contributed by atoms with van der Waals surface area (Å²) in [5.74, 6) is -0.862. The van der Waals surface area contributed by atoms with Crippen LogP contribution in [0.1, 0.15) is 90.2 Å². The summed E-state index contributed by atoms with van der Waals surface area (Å²) in [4.78, 5) is 64.2. The molecule has 4 amide bonds. The normalized spacial score (nSPS) is 9.52. The highest BCUT2D eigenvalue weighted by Crippen LogP contribution is 2.16. The Morgan fingerprint density at radius 3 is 1.00 bits per heavy atom. The SMILES string of the molecule is C=CC(=O)OCCCCCCOC(=O)C=C.CC(=O)NCCCCCCNC(C)=O.CC(=O)Nc1ccc(Cc2ccc(NC(C)=O)cc2)cc1.COCCOC.COCCOC. The zero-order valence-electron chi connectivity index (χ0n) is 39.1. The van der Waals surface area contributed by atoms with Gasteiger partial charge in [-0.1, -0.05) is 50.3 Å². The van der Waals surface area contributed by atoms with Crippen LogP contribution in [0.3, 0.4) is 0 Å². The van der Waals surface area contributed by atoms with Crippen LogP contribution in [0.15, 0.2) is 73.8 Å². The number of anilines is 2. The van der Waals surface area contributed by atoms with Crippen molar-refractivity contribution >= 4 is 46.9 Å². The van der Waals surface area contributed by atoms with E-state index < -0.39 is 0 Å². The number of carbonyl (C=O) groups excluding carboxylic acids is 6. The summed E-state index contributed by atoms with van der Waals surface area (Å²) < 4.78 is 28.2. The number of ether oxygens (including phenoxy) is 6. The molecule has 2 aromatic carbocycles. The largest absolute Gasteiger partial charge is 0.463 e. The average molecular weight is 889 g/mol. The molecule has 0 aliphatic carbocycles. The molecule has 16 nitrogen and oxygen atoms in total. The van der Waals surface area contributed by atoms with Crippen LogP contribution in [0, 0.1) is 0 Å². The lowest BCUT2D eigenvalue weighted by atomic mass is 10.0. The molecular formula is C47H76N4O12. The molecule has 0 radical (unpaired) electrons. The highest BCUT2D eigenvalue weighted by atomic mass is 16.5. The molecule has 2 aromatic rings. The Labute approximate surface area is 376 Å². The van der Waals surface area contributed by atoms with Gasteiger partial charge in [-0.3, -0.25) is 19.2 Å². The van der Waals surface area contributed by atoms with E-state index in [9.17, 15) is 28.8 Å². The van der Waals surface area contributed by atoms with Crippen LogP contribution in [0.2, 0.25) is 0 Å². The summed E-state index contributed by atoms with van der Waals surface area (Å²) in [6, 6.07) is 15.5. The van der Waals surface area contributed by atoms with Crippen LogP contribution in [0.25, 0.3) is 0 Å². The van der Waals surface area contributed by atoms with Gasteiger partial charge < -0.3 is 49.7 Å². The summed E-state index contributed by atoms with van der Waals surface area (Å²) in [6.07, 6.45) is 10.8. The predicted octanol–water partition coefficient (Wildman–Crippen LogP) is 6.58. The zero-order valence-corrected chi connectivity index (χ0v) is 39.1. The molecule has 0 heterocycles. The van der Waals surface area contributed by atoms with Crippen LogP contribution in [0.5, 0.6) is 0 Å². The van der Waals surface area contributed by atoms with Gasteiger partial charge in [0.2, 0.25) is 23.6 Å². The van der Waals surface area contributed by atoms with Crippen molar-refractivity contribution < 1.29 is 57.2 Å². The summed E-state index contributed by atoms with van der Waals surface area (Å²) in [6.45, 7) is 17.7. The van der Waals surface area contributed by atoms with E-state index in [4.69, 9.17) is 9.47 Å². The van der Waals surface area contributed by atoms with Crippen molar-refractivity contribution in [1.29, 1.82) is 0 Å². The second-order valence-corrected chi connectivity index (χ2v) is 13.4. The fourth-order valence-electron chi connectivity index (χ4n) is 4.54. The third kappa shape index (κ3) is 49.1. The Balaban J connectivity index is -0.000000770. The maximum absolute atomic E-state index is 11.0. The second-order valence-electron chi connectivity index (χ2n) is 13.4. The average Bonchev–Trinajstić information content (AvgIpc) is 3.25. The third-order valence-electron chi connectivity index (χ3n) is 7.65. The molecule has 63 heavy (non-hydrogen) atoms. The quantitative estimate of drug-likeness (QED) is 0.0450. The maximum atomic E-state index is 11.0. The van der Waals surface area contributed by atoms with Crippen LogP contribution in [-0.4, -0.2) is 117 Å². The summed E-state index contributed by atoms with van der Waals surface area (Å²) in [7, 11) is 6.61. The molecule has 356 valence electrons. The van der Waals surface area contributed by atoms with Gasteiger partial charge in [-0.05, 0) is 80.3 Å². The zero-order chi connectivity index (χ0) is 47.9. The summed E-state index contributed by atoms with van der Waals surface area (Å²) in [5.41, 5.74) is 3.92. The number of nitrogens with one attached hydrogen (secondary N) is 4. The molecule has 0 aliphatic rings. The molecule has 0 atom stereocenters. The molecule has 0 spiro atoms. The molecule has 0 fully saturated rings. The standard InChI is InChI=1S/C17H18N2O2.C12H18O4.C10H20N2O2.2C4H10O2/c1-12(20)18-16-7-3-14(4-8-16)11-15-5-9-17(10-6-15)19-13(2)21;1-3-11(13)15-9-7-5-6-8-10-16-12(14)4-2;1-9(13)11-7-5-3-4-6-8-12-10(2)14;2*1-5-3-4-6-2/h3-10H,11H2,1-2H3,(H,18,20)(H,19,21);3-4H,1-2,5-10H2;3-8H2,1-2H3,(H,11,13)(H,12,14);2*3-4H2,1-2H3. The lowest BCUT2D eigenvalue weighted by Crippen LogP contribution is -2.21. The molecule has 4 N–H and O–H groups in total. The van der Waals surface area contributed by atoms with Gasteiger partial charge >= 0.3 is 11.9 Å². The predicted molar refractivity (Wildman–Crippen MR) is 248 cm³/mol. The molecule has 0 saturated carbocycles. The van der Waals surface area contributed by atoms with Gasteiger partial charge in [0.25, 0.3) is 0 Å². The molecule has 0 bridgehead atoms. The lowest BCUT2D eigenvalue weighted by Gasteiger charge is -2.06. The number of hydrogen-bond donors (Lipinski definition) is 4. The Bertz CT molecular complexity index is 1380. The number of esters is 2. The van der Waals surface area contributed by atoms with Crippen molar-refractivity contribution in [2.75, 3.05) is 91.8 Å². The van der Waals surface area contributed by atoms with E-state index in [1.54, 1.807) is 28.4 Å². The number of carbonyl (C=O) groups is 6. The van der Waals surface area contributed by atoms with E-state index in [2.05, 4.69) is 53.4 Å². The van der Waals surface area contributed by atoms with Gasteiger partial charge in [0.1, 0.15) is 0 Å². The van der Waals surface area contributed by atoms with Crippen LogP contribution < -0.4 is 21.3 Å². The van der Waals surface area contributed by atoms with Crippen molar-refractivity contribution in [3.05, 3.63) is 85.0 Å². The van der Waals surface area contributed by atoms with E-state index in [0.29, 0.717) is 39.6 Å². The van der Waals surface area contributed by atoms with Crippen molar-refractivity contribution in [2.45, 2.75) is 85.5 Å². The fraction of sp³-hybridized carbons (Fsp3) is 0.532. The van der Waals surface area contributed by atoms with Crippen molar-refractivity contribution in [1.82, 2.24) is 10.6 Å². The van der Waals surface area contributed by atoms with Gasteiger partial charge in [-0.2, -0.15) is 0 Å². The van der Waals surface area contributed by atoms with E-state index in [0.717, 1.165) is 106 Å². The summed E-state index contributed by atoms with van der Waals surface area (Å²) in [5, 5.41) is 11.0. The van der Waals surface area contributed by atoms with Gasteiger partial charge in [-0.15, -0.1) is 0 Å². The minimum atomic E-state index is -0.389. The topological polar surface area (TPSA) is 206 Å². The third-order valence-corrected chi connectivity index (χ3v) is 7.65. The first kappa shape index (κ1) is 61.9. The van der Waals surface area contributed by atoms with Gasteiger partial charge in [-0.25, -0.2) is 9.59 Å². The van der Waals surface area contributed by atoms with Gasteiger partial charge in [0.05, 0.1) is 39.6 Å². The number of benzene rings is 2. The van der Waals surface area contributed by atoms with E-state index in [1.807, 2.05) is 48.5 Å². The molecule has 0 unspecified atom stereocenters. The maximum Gasteiger partial charge on any atom is 0.330 e. The first-order valence-corrected chi connectivity index (χ1v) is 20.9. The monoisotopic (exact) mass is 889 g/mol. The minimum absolute atomic E-state index is 0.0308. The molecule has 0 saturated heterocycles. The van der Waals surface area contributed by atoms with E-state index in [1.165, 1.54) is 27.7 Å². The Morgan fingerprint density at radius 1 is 0.444 bits per heavy atom. The number of rotatable bonds is 26. The minimum Gasteiger partial charge on any atom is -0.463 e. The molecule has 2 rings (SSSR count). The van der Waals surface area contributed by atoms with Crippen molar-refractivity contribution in [2.24, 2.45) is 0 Å².